The Bertz CT molecular complexity index is 704. The quantitative estimate of drug-likeness (QED) is 0.253. The molecule has 0 fully saturated rings. The van der Waals surface area contributed by atoms with Gasteiger partial charge in [0, 0.05) is 11.8 Å². The lowest BCUT2D eigenvalue weighted by Crippen LogP contribution is -2.51. The van der Waals surface area contributed by atoms with Gasteiger partial charge >= 0.3 is 0 Å². The molecule has 0 radical (unpaired) electrons. The highest BCUT2D eigenvalue weighted by molar-refractivity contribution is 6.19. The van der Waals surface area contributed by atoms with Gasteiger partial charge in [0.2, 0.25) is 0 Å². The van der Waals surface area contributed by atoms with Crippen molar-refractivity contribution >= 4 is 22.9 Å². The number of carbonyl (C=O) groups is 1. The van der Waals surface area contributed by atoms with E-state index < -0.39 is 4.65 Å². The van der Waals surface area contributed by atoms with Crippen LogP contribution in [0.4, 0.5) is 11.4 Å². The molecule has 2 rings (SSSR count). The van der Waals surface area contributed by atoms with E-state index in [2.05, 4.69) is 10.3 Å². The molecule has 0 saturated heterocycles. The number of nitrogens with one attached hydrogen (secondary N) is 1. The first kappa shape index (κ1) is 19.8. The first-order chi connectivity index (χ1) is 12.5. The Kier molecular flexibility index (Phi) is 7.05. The number of hydrogen-bond acceptors (Lipinski definition) is 7. The topological polar surface area (TPSA) is 122 Å². The van der Waals surface area contributed by atoms with Crippen LogP contribution in [0, 0.1) is 0 Å². The van der Waals surface area contributed by atoms with Gasteiger partial charge in [-0.25, -0.2) is 10.2 Å². The number of aliphatic hydroxyl groups is 3. The molecule has 5 N–H and O–H groups in total. The van der Waals surface area contributed by atoms with Crippen molar-refractivity contribution in [1.82, 2.24) is 0 Å². The van der Waals surface area contributed by atoms with Crippen molar-refractivity contribution in [3.63, 3.8) is 0 Å². The van der Waals surface area contributed by atoms with Crippen molar-refractivity contribution in [2.75, 3.05) is 44.7 Å². The highest BCUT2D eigenvalue weighted by Gasteiger charge is 2.23. The summed E-state index contributed by atoms with van der Waals surface area (Å²) in [5, 5.41) is 41.2. The lowest BCUT2D eigenvalue weighted by molar-refractivity contribution is -1.10. The van der Waals surface area contributed by atoms with Gasteiger partial charge in [-0.2, -0.15) is 4.65 Å². The first-order valence-electron chi connectivity index (χ1n) is 8.32. The minimum atomic E-state index is -0.400. The summed E-state index contributed by atoms with van der Waals surface area (Å²) in [6.45, 7) is 0.790. The van der Waals surface area contributed by atoms with Crippen molar-refractivity contribution in [3.05, 3.63) is 48.3 Å². The van der Waals surface area contributed by atoms with Crippen LogP contribution >= 0.6 is 0 Å². The van der Waals surface area contributed by atoms with Gasteiger partial charge in [-0.1, -0.05) is 0 Å². The van der Waals surface area contributed by atoms with E-state index in [1.54, 1.807) is 12.1 Å². The first-order valence-corrected chi connectivity index (χ1v) is 8.32. The maximum atomic E-state index is 11.1. The second-order valence-electron chi connectivity index (χ2n) is 5.95. The number of benzene rings is 1. The average Bonchev–Trinajstić information content (AvgIpc) is 2.59. The van der Waals surface area contributed by atoms with Crippen LogP contribution in [0.15, 0.2) is 53.2 Å². The fourth-order valence-electron chi connectivity index (χ4n) is 2.51. The number of aliphatic imine (C=N–C) groups is 1. The monoisotopic (exact) mass is 362 g/mol. The molecule has 0 spiro atoms. The molecule has 0 atom stereocenters. The fraction of sp³-hybridized carbons (Fsp3) is 0.333. The summed E-state index contributed by atoms with van der Waals surface area (Å²) in [5.41, 5.74) is 1.76. The van der Waals surface area contributed by atoms with Crippen molar-refractivity contribution in [3.8, 4) is 0 Å². The smallest absolute Gasteiger partial charge is 0.182 e. The van der Waals surface area contributed by atoms with Crippen molar-refractivity contribution in [1.29, 1.82) is 0 Å². The van der Waals surface area contributed by atoms with Crippen LogP contribution in [-0.4, -0.2) is 76.1 Å². The van der Waals surface area contributed by atoms with E-state index in [0.29, 0.717) is 24.5 Å². The number of quaternary nitrogens is 1. The Morgan fingerprint density at radius 1 is 1.00 bits per heavy atom. The third kappa shape index (κ3) is 5.78. The fourth-order valence-corrected chi connectivity index (χ4v) is 2.51. The van der Waals surface area contributed by atoms with Gasteiger partial charge in [0.05, 0.1) is 25.4 Å². The van der Waals surface area contributed by atoms with Crippen LogP contribution in [0.25, 0.3) is 0 Å². The zero-order valence-corrected chi connectivity index (χ0v) is 14.4. The molecular formula is C18H24N3O5+. The summed E-state index contributed by atoms with van der Waals surface area (Å²) < 4.78 is -0.400. The van der Waals surface area contributed by atoms with E-state index >= 15 is 0 Å². The van der Waals surface area contributed by atoms with Gasteiger partial charge in [-0.15, -0.1) is 0 Å². The van der Waals surface area contributed by atoms with Gasteiger partial charge in [-0.3, -0.25) is 4.79 Å². The molecule has 0 heterocycles. The second-order valence-corrected chi connectivity index (χ2v) is 5.95. The molecular weight excluding hydrogens is 338 g/mol. The standard InChI is InChI=1S/C18H23N3O5/c22-11-9-21(26,10-12-23)8-7-19-14-1-3-15(4-2-14)20-17-6-5-16(24)13-18(17)25/h1-6,13,22-23,26H,7-12H2,(H-,19,24,25)/p+1. The maximum absolute atomic E-state index is 11.1. The van der Waals surface area contributed by atoms with Gasteiger partial charge in [-0.05, 0) is 36.4 Å². The Morgan fingerprint density at radius 3 is 2.23 bits per heavy atom. The van der Waals surface area contributed by atoms with E-state index in [9.17, 15) is 15.1 Å². The zero-order valence-electron chi connectivity index (χ0n) is 14.4. The van der Waals surface area contributed by atoms with Crippen LogP contribution in [0.3, 0.4) is 0 Å². The molecule has 0 saturated carbocycles. The SMILES string of the molecule is O=C1C=CC(=Nc2ccc(NCC[N+](O)(CCO)CCO)cc2)C(O)=C1. The Morgan fingerprint density at radius 2 is 1.65 bits per heavy atom. The normalized spacial score (nSPS) is 16.0. The number of aliphatic hydroxyl groups excluding tert-OH is 3. The number of allylic oxidation sites excluding steroid dienone is 3. The molecule has 0 aliphatic heterocycles. The second kappa shape index (κ2) is 9.25. The third-order valence-corrected chi connectivity index (χ3v) is 3.95. The van der Waals surface area contributed by atoms with Crippen molar-refractivity contribution in [2.45, 2.75) is 0 Å². The number of hydroxylamine groups is 3. The van der Waals surface area contributed by atoms with Crippen LogP contribution in [0.2, 0.25) is 0 Å². The summed E-state index contributed by atoms with van der Waals surface area (Å²) >= 11 is 0. The minimum Gasteiger partial charge on any atom is -0.506 e. The molecule has 1 aromatic carbocycles. The summed E-state index contributed by atoms with van der Waals surface area (Å²) in [4.78, 5) is 15.4. The summed E-state index contributed by atoms with van der Waals surface area (Å²) in [5.74, 6) is -0.439. The van der Waals surface area contributed by atoms with Crippen LogP contribution in [0.1, 0.15) is 0 Å². The molecule has 1 aromatic rings. The zero-order chi connectivity index (χ0) is 19.0. The molecule has 1 aliphatic rings. The van der Waals surface area contributed by atoms with E-state index in [1.807, 2.05) is 12.1 Å². The summed E-state index contributed by atoms with van der Waals surface area (Å²) in [6.07, 6.45) is 3.92. The molecule has 8 nitrogen and oxygen atoms in total. The third-order valence-electron chi connectivity index (χ3n) is 3.95. The number of rotatable bonds is 9. The van der Waals surface area contributed by atoms with E-state index in [4.69, 9.17) is 10.2 Å². The molecule has 1 aliphatic carbocycles. The van der Waals surface area contributed by atoms with Gasteiger partial charge in [0.25, 0.3) is 0 Å². The number of carbonyl (C=O) groups excluding carboxylic acids is 1. The van der Waals surface area contributed by atoms with Crippen LogP contribution < -0.4 is 5.32 Å². The van der Waals surface area contributed by atoms with Crippen LogP contribution in [-0.2, 0) is 4.79 Å². The lowest BCUT2D eigenvalue weighted by atomic mass is 10.1. The summed E-state index contributed by atoms with van der Waals surface area (Å²) in [7, 11) is 0. The van der Waals surface area contributed by atoms with Crippen molar-refractivity contribution in [2.24, 2.45) is 4.99 Å². The van der Waals surface area contributed by atoms with E-state index in [1.165, 1.54) is 12.2 Å². The number of anilines is 1. The van der Waals surface area contributed by atoms with E-state index in [-0.39, 0.29) is 37.8 Å². The van der Waals surface area contributed by atoms with Gasteiger partial charge in [0.1, 0.15) is 31.1 Å². The molecule has 0 unspecified atom stereocenters. The highest BCUT2D eigenvalue weighted by atomic mass is 16.5. The maximum Gasteiger partial charge on any atom is 0.182 e. The lowest BCUT2D eigenvalue weighted by Gasteiger charge is -2.29. The molecule has 26 heavy (non-hydrogen) atoms. The summed E-state index contributed by atoms with van der Waals surface area (Å²) in [6, 6.07) is 7.13. The minimum absolute atomic E-state index is 0.158. The average molecular weight is 362 g/mol. The van der Waals surface area contributed by atoms with Gasteiger partial charge in [0.15, 0.2) is 5.78 Å². The van der Waals surface area contributed by atoms with Crippen LogP contribution in [0.5, 0.6) is 0 Å². The Labute approximate surface area is 151 Å². The predicted molar refractivity (Wildman–Crippen MR) is 97.7 cm³/mol. The van der Waals surface area contributed by atoms with Crippen molar-refractivity contribution < 1.29 is 30.0 Å². The number of hydrogen-bond donors (Lipinski definition) is 5. The molecule has 0 aromatic heterocycles. The molecule has 0 amide bonds. The molecule has 8 heteroatoms. The number of nitrogens with zero attached hydrogens (tertiary/aromatic N) is 2. The highest BCUT2D eigenvalue weighted by Crippen LogP contribution is 2.18. The molecule has 0 bridgehead atoms. The Hall–Kier alpha value is -2.52. The molecule has 140 valence electrons. The largest absolute Gasteiger partial charge is 0.506 e. The number of ketones is 1. The predicted octanol–water partition coefficient (Wildman–Crippen LogP) is 0.942. The Balaban J connectivity index is 1.93. The van der Waals surface area contributed by atoms with Gasteiger partial charge < -0.3 is 20.6 Å². The van der Waals surface area contributed by atoms with E-state index in [0.717, 1.165) is 11.8 Å².